The first kappa shape index (κ1) is 63.8. The number of benzene rings is 1. The number of amides is 2. The Morgan fingerprint density at radius 3 is 1.39 bits per heavy atom. The monoisotopic (exact) mass is 991 g/mol. The Hall–Kier alpha value is -2.32. The van der Waals surface area contributed by atoms with Crippen molar-refractivity contribution in [3.63, 3.8) is 0 Å². The summed E-state index contributed by atoms with van der Waals surface area (Å²) in [5.41, 5.74) is 1.53. The molecule has 7 N–H and O–H groups in total. The molecule has 408 valence electrons. The average molecular weight is 991 g/mol. The molecule has 0 aromatic heterocycles. The van der Waals surface area contributed by atoms with Crippen molar-refractivity contribution in [3.05, 3.63) is 29.8 Å². The van der Waals surface area contributed by atoms with Crippen molar-refractivity contribution >= 4 is 17.7 Å². The molecule has 1 aliphatic heterocycles. The fourth-order valence-corrected chi connectivity index (χ4v) is 9.55. The number of unbranched alkanes of at least 4 members (excludes halogenated alkanes) is 33. The third kappa shape index (κ3) is 32.0. The van der Waals surface area contributed by atoms with Crippen molar-refractivity contribution in [2.75, 3.05) is 18.5 Å². The highest BCUT2D eigenvalue weighted by Crippen LogP contribution is 2.24. The molecule has 1 fully saturated rings. The summed E-state index contributed by atoms with van der Waals surface area (Å²) < 4.78 is 16.9. The van der Waals surface area contributed by atoms with E-state index in [0.717, 1.165) is 50.5 Å². The lowest BCUT2D eigenvalue weighted by atomic mass is 9.98. The van der Waals surface area contributed by atoms with Crippen LogP contribution < -0.4 is 10.6 Å². The van der Waals surface area contributed by atoms with Crippen LogP contribution in [0.3, 0.4) is 0 Å². The number of carbonyl (C=O) groups excluding carboxylic acids is 2. The smallest absolute Gasteiger partial charge is 0.411 e. The van der Waals surface area contributed by atoms with Crippen LogP contribution >= 0.6 is 0 Å². The van der Waals surface area contributed by atoms with E-state index in [9.17, 15) is 35.1 Å². The lowest BCUT2D eigenvalue weighted by Crippen LogP contribution is -2.60. The minimum atomic E-state index is -1.69. The second-order valence-electron chi connectivity index (χ2n) is 20.9. The number of anilines is 1. The Labute approximate surface area is 426 Å². The zero-order valence-corrected chi connectivity index (χ0v) is 44.8. The normalized spacial score (nSPS) is 19.5. The minimum absolute atomic E-state index is 0.259. The third-order valence-corrected chi connectivity index (χ3v) is 14.3. The number of hydrogen-bond acceptors (Lipinski definition) is 10. The summed E-state index contributed by atoms with van der Waals surface area (Å²) in [4.78, 5) is 25.8. The Kier molecular flexibility index (Phi) is 39.3. The van der Waals surface area contributed by atoms with E-state index >= 15 is 0 Å². The fraction of sp³-hybridized carbons (Fsp3) is 0.862. The Morgan fingerprint density at radius 2 is 0.957 bits per heavy atom. The molecule has 1 aliphatic rings. The van der Waals surface area contributed by atoms with Crippen LogP contribution in [0.25, 0.3) is 0 Å². The maximum Gasteiger partial charge on any atom is 0.411 e. The van der Waals surface area contributed by atoms with Crippen molar-refractivity contribution in [1.29, 1.82) is 0 Å². The molecule has 1 saturated heterocycles. The molecule has 1 aromatic carbocycles. The van der Waals surface area contributed by atoms with E-state index < -0.39 is 61.7 Å². The molecule has 0 spiro atoms. The number of carbonyl (C=O) groups is 2. The molecular weight excluding hydrogens is 885 g/mol. The SMILES string of the molecule is CCCCCCCCCCCCCCCCCCCCCCCCCC(=O)NC(CO[C@H]1O[C@H](COC(=O)Nc2ccc(C)cc2)[C@H](O)[C@H](O)[C@H]1O)C(O)C(O)CCCCCCCCCCCCCC. The highest BCUT2D eigenvalue weighted by molar-refractivity contribution is 5.84. The van der Waals surface area contributed by atoms with Gasteiger partial charge in [-0.05, 0) is 31.9 Å². The van der Waals surface area contributed by atoms with Gasteiger partial charge in [0.2, 0.25) is 5.91 Å². The van der Waals surface area contributed by atoms with Gasteiger partial charge in [-0.15, -0.1) is 0 Å². The van der Waals surface area contributed by atoms with Crippen LogP contribution in [0.5, 0.6) is 0 Å². The van der Waals surface area contributed by atoms with Gasteiger partial charge in [0.1, 0.15) is 37.1 Å². The average Bonchev–Trinajstić information content (AvgIpc) is 3.35. The minimum Gasteiger partial charge on any atom is -0.446 e. The van der Waals surface area contributed by atoms with Crippen molar-refractivity contribution < 1.29 is 49.3 Å². The second-order valence-corrected chi connectivity index (χ2v) is 20.9. The van der Waals surface area contributed by atoms with Crippen LogP contribution in [0, 0.1) is 6.92 Å². The van der Waals surface area contributed by atoms with Gasteiger partial charge in [-0.25, -0.2) is 4.79 Å². The van der Waals surface area contributed by atoms with Crippen LogP contribution in [0.1, 0.15) is 257 Å². The summed E-state index contributed by atoms with van der Waals surface area (Å²) in [6.07, 6.45) is 33.6. The summed E-state index contributed by atoms with van der Waals surface area (Å²) in [5.74, 6) is -0.278. The van der Waals surface area contributed by atoms with Gasteiger partial charge in [0, 0.05) is 12.1 Å². The number of aliphatic hydroxyl groups excluding tert-OH is 5. The van der Waals surface area contributed by atoms with E-state index in [2.05, 4.69) is 24.5 Å². The number of aryl methyl sites for hydroxylation is 1. The topological polar surface area (TPSA) is 187 Å². The molecule has 0 aliphatic carbocycles. The molecule has 2 rings (SSSR count). The molecule has 70 heavy (non-hydrogen) atoms. The zero-order chi connectivity index (χ0) is 50.9. The van der Waals surface area contributed by atoms with Gasteiger partial charge < -0.3 is 45.1 Å². The number of hydrogen-bond donors (Lipinski definition) is 7. The first-order valence-corrected chi connectivity index (χ1v) is 29.0. The van der Waals surface area contributed by atoms with Crippen LogP contribution in [0.15, 0.2) is 24.3 Å². The number of aliphatic hydroxyl groups is 5. The third-order valence-electron chi connectivity index (χ3n) is 14.3. The fourth-order valence-electron chi connectivity index (χ4n) is 9.55. The first-order chi connectivity index (χ1) is 34.1. The van der Waals surface area contributed by atoms with E-state index in [1.54, 1.807) is 12.1 Å². The van der Waals surface area contributed by atoms with Crippen LogP contribution in [-0.4, -0.2) is 99.7 Å². The number of ether oxygens (including phenoxy) is 3. The summed E-state index contributed by atoms with van der Waals surface area (Å²) in [5, 5.41) is 60.1. The zero-order valence-electron chi connectivity index (χ0n) is 44.8. The molecule has 0 bridgehead atoms. The van der Waals surface area contributed by atoms with Gasteiger partial charge in [-0.3, -0.25) is 10.1 Å². The second kappa shape index (κ2) is 43.1. The summed E-state index contributed by atoms with van der Waals surface area (Å²) >= 11 is 0. The van der Waals surface area contributed by atoms with Crippen LogP contribution in [0.4, 0.5) is 10.5 Å². The largest absolute Gasteiger partial charge is 0.446 e. The molecule has 0 radical (unpaired) electrons. The summed E-state index contributed by atoms with van der Waals surface area (Å²) in [6, 6.07) is 6.06. The maximum atomic E-state index is 13.3. The highest BCUT2D eigenvalue weighted by Gasteiger charge is 2.45. The molecule has 1 heterocycles. The predicted molar refractivity (Wildman–Crippen MR) is 285 cm³/mol. The molecule has 0 saturated carbocycles. The van der Waals surface area contributed by atoms with E-state index in [1.165, 1.54) is 173 Å². The van der Waals surface area contributed by atoms with Crippen molar-refractivity contribution in [1.82, 2.24) is 5.32 Å². The molecular formula is C58H106N2O10. The standard InChI is InChI=1S/C58H106N2O10/c1-4-6-8-10-12-14-16-18-19-20-21-22-23-24-25-26-27-28-30-32-34-36-38-40-52(62)60-49(53(63)50(61)39-37-35-33-31-29-17-15-13-11-9-7-5-2)45-68-57-56(66)55(65)54(64)51(70-57)46-69-58(67)59-48-43-41-47(3)42-44-48/h41-44,49-51,53-57,61,63-66H,4-40,45-46H2,1-3H3,(H,59,67)(H,60,62)/t49?,50?,51-,53?,54+,55+,56-,57+/m1/s1. The highest BCUT2D eigenvalue weighted by atomic mass is 16.7. The number of rotatable bonds is 46. The lowest BCUT2D eigenvalue weighted by Gasteiger charge is -2.40. The summed E-state index contributed by atoms with van der Waals surface area (Å²) in [7, 11) is 0. The Balaban J connectivity index is 1.72. The lowest BCUT2D eigenvalue weighted by molar-refractivity contribution is -0.302. The first-order valence-electron chi connectivity index (χ1n) is 29.0. The van der Waals surface area contributed by atoms with E-state index in [4.69, 9.17) is 14.2 Å². The van der Waals surface area contributed by atoms with E-state index in [-0.39, 0.29) is 18.9 Å². The molecule has 1 aromatic rings. The van der Waals surface area contributed by atoms with Gasteiger partial charge in [-0.1, -0.05) is 250 Å². The molecule has 12 heteroatoms. The molecule has 2 amide bonds. The van der Waals surface area contributed by atoms with Gasteiger partial charge >= 0.3 is 6.09 Å². The quantitative estimate of drug-likeness (QED) is 0.0310. The van der Waals surface area contributed by atoms with Crippen molar-refractivity contribution in [2.45, 2.75) is 307 Å². The van der Waals surface area contributed by atoms with Gasteiger partial charge in [0.25, 0.3) is 0 Å². The molecule has 3 unspecified atom stereocenters. The Bertz CT molecular complexity index is 1370. The molecule has 12 nitrogen and oxygen atoms in total. The van der Waals surface area contributed by atoms with Crippen molar-refractivity contribution in [3.8, 4) is 0 Å². The van der Waals surface area contributed by atoms with Crippen LogP contribution in [0.2, 0.25) is 0 Å². The van der Waals surface area contributed by atoms with Gasteiger partial charge in [0.05, 0.1) is 18.8 Å². The maximum absolute atomic E-state index is 13.3. The number of nitrogens with one attached hydrogen (secondary N) is 2. The molecule has 8 atom stereocenters. The van der Waals surface area contributed by atoms with Crippen molar-refractivity contribution in [2.24, 2.45) is 0 Å². The van der Waals surface area contributed by atoms with Gasteiger partial charge in [-0.2, -0.15) is 0 Å². The Morgan fingerprint density at radius 1 is 0.557 bits per heavy atom. The predicted octanol–water partition coefficient (Wildman–Crippen LogP) is 13.0. The van der Waals surface area contributed by atoms with Crippen LogP contribution in [-0.2, 0) is 19.0 Å². The summed E-state index contributed by atoms with van der Waals surface area (Å²) in [6.45, 7) is 5.63. The van der Waals surface area contributed by atoms with E-state index in [1.807, 2.05) is 19.1 Å². The van der Waals surface area contributed by atoms with Gasteiger partial charge in [0.15, 0.2) is 6.29 Å². The van der Waals surface area contributed by atoms with E-state index in [0.29, 0.717) is 18.5 Å².